The molecule has 10 heteroatoms. The molecule has 0 radical (unpaired) electrons. The minimum absolute atomic E-state index is 0.0944. The summed E-state index contributed by atoms with van der Waals surface area (Å²) in [7, 11) is -2.44. The number of nitrogens with zero attached hydrogens (tertiary/aromatic N) is 3. The number of benzene rings is 3. The van der Waals surface area contributed by atoms with Crippen LogP contribution in [0.1, 0.15) is 32.8 Å². The molecule has 216 valence electrons. The van der Waals surface area contributed by atoms with Gasteiger partial charge >= 0.3 is 0 Å². The molecule has 0 fully saturated rings. The van der Waals surface area contributed by atoms with E-state index < -0.39 is 28.3 Å². The van der Waals surface area contributed by atoms with E-state index in [9.17, 15) is 17.6 Å². The van der Waals surface area contributed by atoms with Gasteiger partial charge in [0.2, 0.25) is 15.9 Å². The van der Waals surface area contributed by atoms with Crippen molar-refractivity contribution < 1.29 is 22.3 Å². The number of nitrogens with one attached hydrogen (secondary N) is 1. The number of amides is 1. The SMILES string of the molecule is COCCCN(CC(=O)Nc1cc(-c2ccccc2)nn1-c1ccc(F)cc1)S(=O)(=O)c1ccc(C(C)(C)C)cc1. The molecule has 4 aromatic rings. The Bertz CT molecular complexity index is 1560. The molecule has 1 amide bonds. The van der Waals surface area contributed by atoms with Crippen LogP contribution in [-0.2, 0) is 25.0 Å². The second-order valence-electron chi connectivity index (χ2n) is 10.7. The highest BCUT2D eigenvalue weighted by Gasteiger charge is 2.28. The molecule has 0 unspecified atom stereocenters. The lowest BCUT2D eigenvalue weighted by Crippen LogP contribution is -2.39. The third-order valence-corrected chi connectivity index (χ3v) is 8.41. The lowest BCUT2D eigenvalue weighted by molar-refractivity contribution is -0.116. The van der Waals surface area contributed by atoms with Gasteiger partial charge in [-0.3, -0.25) is 4.79 Å². The van der Waals surface area contributed by atoms with Crippen LogP contribution in [0.15, 0.2) is 89.8 Å². The van der Waals surface area contributed by atoms with Gasteiger partial charge in [0, 0.05) is 31.9 Å². The first-order valence-electron chi connectivity index (χ1n) is 13.3. The monoisotopic (exact) mass is 578 g/mol. The number of methoxy groups -OCH3 is 1. The third-order valence-electron chi connectivity index (χ3n) is 6.55. The van der Waals surface area contributed by atoms with Crippen LogP contribution in [0, 0.1) is 5.82 Å². The molecule has 1 N–H and O–H groups in total. The highest BCUT2D eigenvalue weighted by molar-refractivity contribution is 7.89. The van der Waals surface area contributed by atoms with Crippen LogP contribution in [-0.4, -0.2) is 55.2 Å². The Labute approximate surface area is 240 Å². The van der Waals surface area contributed by atoms with Crippen molar-refractivity contribution >= 4 is 21.7 Å². The Morgan fingerprint density at radius 3 is 2.27 bits per heavy atom. The fraction of sp³-hybridized carbons (Fsp3) is 0.290. The Balaban J connectivity index is 1.62. The van der Waals surface area contributed by atoms with Crippen LogP contribution in [0.2, 0.25) is 0 Å². The van der Waals surface area contributed by atoms with Crippen molar-refractivity contribution in [2.45, 2.75) is 37.5 Å². The van der Waals surface area contributed by atoms with Crippen LogP contribution in [0.3, 0.4) is 0 Å². The highest BCUT2D eigenvalue weighted by atomic mass is 32.2. The minimum Gasteiger partial charge on any atom is -0.385 e. The summed E-state index contributed by atoms with van der Waals surface area (Å²) in [6.07, 6.45) is 0.411. The van der Waals surface area contributed by atoms with Crippen molar-refractivity contribution in [1.82, 2.24) is 14.1 Å². The van der Waals surface area contributed by atoms with E-state index in [1.807, 2.05) is 30.3 Å². The number of hydrogen-bond acceptors (Lipinski definition) is 5. The van der Waals surface area contributed by atoms with Crippen LogP contribution >= 0.6 is 0 Å². The number of ether oxygens (including phenoxy) is 1. The van der Waals surface area contributed by atoms with Gasteiger partial charge in [0.1, 0.15) is 11.6 Å². The van der Waals surface area contributed by atoms with Crippen molar-refractivity contribution in [3.05, 3.63) is 96.3 Å². The first kappa shape index (κ1) is 30.1. The predicted octanol–water partition coefficient (Wildman–Crippen LogP) is 5.64. The van der Waals surface area contributed by atoms with E-state index in [1.165, 1.54) is 23.9 Å². The molecule has 0 aliphatic heterocycles. The maximum atomic E-state index is 13.6. The first-order chi connectivity index (χ1) is 19.5. The van der Waals surface area contributed by atoms with E-state index in [2.05, 4.69) is 31.2 Å². The summed E-state index contributed by atoms with van der Waals surface area (Å²) in [6, 6.07) is 23.6. The van der Waals surface area contributed by atoms with E-state index in [-0.39, 0.29) is 16.9 Å². The lowest BCUT2D eigenvalue weighted by atomic mass is 9.87. The summed E-state index contributed by atoms with van der Waals surface area (Å²) in [5.41, 5.74) is 2.82. The maximum Gasteiger partial charge on any atom is 0.243 e. The van der Waals surface area contributed by atoms with Crippen LogP contribution in [0.4, 0.5) is 10.2 Å². The van der Waals surface area contributed by atoms with Crippen LogP contribution < -0.4 is 5.32 Å². The third kappa shape index (κ3) is 7.46. The zero-order chi connectivity index (χ0) is 29.6. The van der Waals surface area contributed by atoms with Crippen molar-refractivity contribution in [2.24, 2.45) is 0 Å². The molecule has 4 rings (SSSR count). The number of carbonyl (C=O) groups excluding carboxylic acids is 1. The zero-order valence-electron chi connectivity index (χ0n) is 23.7. The smallest absolute Gasteiger partial charge is 0.243 e. The van der Waals surface area contributed by atoms with E-state index in [1.54, 1.807) is 42.5 Å². The molecular weight excluding hydrogens is 543 g/mol. The van der Waals surface area contributed by atoms with Gasteiger partial charge in [-0.05, 0) is 53.8 Å². The van der Waals surface area contributed by atoms with Gasteiger partial charge in [-0.2, -0.15) is 9.40 Å². The molecule has 0 atom stereocenters. The average Bonchev–Trinajstić information content (AvgIpc) is 3.36. The van der Waals surface area contributed by atoms with E-state index in [0.717, 1.165) is 15.4 Å². The fourth-order valence-corrected chi connectivity index (χ4v) is 5.72. The summed E-state index contributed by atoms with van der Waals surface area (Å²) >= 11 is 0. The molecular formula is C31H35FN4O4S. The van der Waals surface area contributed by atoms with E-state index in [0.29, 0.717) is 30.2 Å². The summed E-state index contributed by atoms with van der Waals surface area (Å²) < 4.78 is 48.7. The van der Waals surface area contributed by atoms with Gasteiger partial charge in [0.15, 0.2) is 0 Å². The van der Waals surface area contributed by atoms with Crippen LogP contribution in [0.25, 0.3) is 16.9 Å². The zero-order valence-corrected chi connectivity index (χ0v) is 24.5. The molecule has 41 heavy (non-hydrogen) atoms. The van der Waals surface area contributed by atoms with Crippen molar-refractivity contribution in [2.75, 3.05) is 32.1 Å². The quantitative estimate of drug-likeness (QED) is 0.233. The number of aromatic nitrogens is 2. The van der Waals surface area contributed by atoms with Crippen molar-refractivity contribution in [3.63, 3.8) is 0 Å². The number of hydrogen-bond donors (Lipinski definition) is 1. The van der Waals surface area contributed by atoms with Gasteiger partial charge < -0.3 is 10.1 Å². The van der Waals surface area contributed by atoms with Gasteiger partial charge in [-0.1, -0.05) is 63.2 Å². The molecule has 3 aromatic carbocycles. The Morgan fingerprint density at radius 1 is 1.00 bits per heavy atom. The number of sulfonamides is 1. The largest absolute Gasteiger partial charge is 0.385 e. The highest BCUT2D eigenvalue weighted by Crippen LogP contribution is 2.27. The molecule has 0 aliphatic rings. The molecule has 0 saturated heterocycles. The van der Waals surface area contributed by atoms with Crippen molar-refractivity contribution in [1.29, 1.82) is 0 Å². The van der Waals surface area contributed by atoms with Gasteiger partial charge in [0.05, 0.1) is 22.8 Å². The van der Waals surface area contributed by atoms with Crippen LogP contribution in [0.5, 0.6) is 0 Å². The predicted molar refractivity (Wildman–Crippen MR) is 158 cm³/mol. The Morgan fingerprint density at radius 2 is 1.66 bits per heavy atom. The summed E-state index contributed by atoms with van der Waals surface area (Å²) in [5, 5.41) is 7.45. The second kappa shape index (κ2) is 12.8. The Hall–Kier alpha value is -3.86. The fourth-order valence-electron chi connectivity index (χ4n) is 4.29. The molecule has 0 aliphatic carbocycles. The maximum absolute atomic E-state index is 13.6. The van der Waals surface area contributed by atoms with E-state index >= 15 is 0 Å². The van der Waals surface area contributed by atoms with Crippen molar-refractivity contribution in [3.8, 4) is 16.9 Å². The Kier molecular flexibility index (Phi) is 9.37. The molecule has 0 spiro atoms. The topological polar surface area (TPSA) is 93.5 Å². The standard InChI is InChI=1S/C31H35FN4O4S/c1-31(2,3)24-11-17-27(18-12-24)41(38,39)35(19-8-20-40-4)22-30(37)33-29-21-28(23-9-6-5-7-10-23)34-36(29)26-15-13-25(32)14-16-26/h5-7,9-18,21H,8,19-20,22H2,1-4H3,(H,33,37). The molecule has 1 heterocycles. The molecule has 1 aromatic heterocycles. The van der Waals surface area contributed by atoms with Gasteiger partial charge in [-0.25, -0.2) is 17.5 Å². The van der Waals surface area contributed by atoms with Gasteiger partial charge in [0.25, 0.3) is 0 Å². The normalized spacial score (nSPS) is 12.0. The summed E-state index contributed by atoms with van der Waals surface area (Å²) in [6.45, 7) is 6.18. The van der Waals surface area contributed by atoms with E-state index in [4.69, 9.17) is 4.74 Å². The van der Waals surface area contributed by atoms with Gasteiger partial charge in [-0.15, -0.1) is 0 Å². The molecule has 0 saturated carbocycles. The lowest BCUT2D eigenvalue weighted by Gasteiger charge is -2.23. The minimum atomic E-state index is -3.98. The molecule has 0 bridgehead atoms. The first-order valence-corrected chi connectivity index (χ1v) is 14.7. The molecule has 8 nitrogen and oxygen atoms in total. The number of carbonyl (C=O) groups is 1. The summed E-state index contributed by atoms with van der Waals surface area (Å²) in [4.78, 5) is 13.5. The second-order valence-corrected chi connectivity index (χ2v) is 12.6. The number of halogens is 1. The average molecular weight is 579 g/mol. The number of anilines is 1. The summed E-state index contributed by atoms with van der Waals surface area (Å²) in [5.74, 6) is -0.619. The number of rotatable bonds is 11.